The van der Waals surface area contributed by atoms with Gasteiger partial charge < -0.3 is 14.9 Å². The summed E-state index contributed by atoms with van der Waals surface area (Å²) in [4.78, 5) is 10.6. The van der Waals surface area contributed by atoms with Crippen molar-refractivity contribution in [1.29, 1.82) is 0 Å². The molecule has 0 bridgehead atoms. The first-order valence-corrected chi connectivity index (χ1v) is 6.54. The van der Waals surface area contributed by atoms with E-state index >= 15 is 0 Å². The maximum absolute atomic E-state index is 10.6. The van der Waals surface area contributed by atoms with Gasteiger partial charge in [0.15, 0.2) is 0 Å². The average molecular weight is 305 g/mol. The van der Waals surface area contributed by atoms with Gasteiger partial charge in [-0.2, -0.15) is 0 Å². The van der Waals surface area contributed by atoms with Crippen LogP contribution in [-0.4, -0.2) is 16.2 Å². The Labute approximate surface area is 126 Å². The Morgan fingerprint density at radius 1 is 1.24 bits per heavy atom. The van der Waals surface area contributed by atoms with Gasteiger partial charge in [0.1, 0.15) is 11.5 Å². The number of aliphatic hydroxyl groups is 1. The minimum atomic E-state index is -1.04. The second-order valence-electron chi connectivity index (χ2n) is 4.26. The lowest BCUT2D eigenvalue weighted by molar-refractivity contribution is -0.131. The Hall–Kier alpha value is -2.30. The fourth-order valence-electron chi connectivity index (χ4n) is 1.73. The van der Waals surface area contributed by atoms with Crippen LogP contribution in [0.25, 0.3) is 6.08 Å². The van der Waals surface area contributed by atoms with Crippen LogP contribution in [0.1, 0.15) is 11.1 Å². The van der Waals surface area contributed by atoms with Crippen molar-refractivity contribution in [3.05, 3.63) is 64.7 Å². The molecule has 0 atom stereocenters. The smallest absolute Gasteiger partial charge is 0.328 e. The van der Waals surface area contributed by atoms with Gasteiger partial charge in [-0.15, -0.1) is 0 Å². The summed E-state index contributed by atoms with van der Waals surface area (Å²) in [6.07, 6.45) is 2.46. The SMILES string of the molecule is O=C(O)/C=C/c1ccc(Cl)cc1Oc1cccc(CO)c1. The van der Waals surface area contributed by atoms with Crippen molar-refractivity contribution in [2.75, 3.05) is 0 Å². The van der Waals surface area contributed by atoms with E-state index in [9.17, 15) is 4.79 Å². The highest BCUT2D eigenvalue weighted by molar-refractivity contribution is 6.30. The minimum absolute atomic E-state index is 0.0848. The first-order chi connectivity index (χ1) is 10.1. The quantitative estimate of drug-likeness (QED) is 0.826. The third-order valence-corrected chi connectivity index (χ3v) is 2.93. The molecular weight excluding hydrogens is 292 g/mol. The Balaban J connectivity index is 2.33. The summed E-state index contributed by atoms with van der Waals surface area (Å²) in [7, 11) is 0. The number of benzene rings is 2. The number of carboxylic acids is 1. The number of hydrogen-bond acceptors (Lipinski definition) is 3. The van der Waals surface area contributed by atoms with Crippen LogP contribution in [0.2, 0.25) is 5.02 Å². The number of rotatable bonds is 5. The second kappa shape index (κ2) is 6.92. The van der Waals surface area contributed by atoms with E-state index < -0.39 is 5.97 Å². The molecule has 0 spiro atoms. The fourth-order valence-corrected chi connectivity index (χ4v) is 1.89. The van der Waals surface area contributed by atoms with Crippen LogP contribution in [0.4, 0.5) is 0 Å². The molecule has 0 aromatic heterocycles. The molecule has 0 saturated carbocycles. The van der Waals surface area contributed by atoms with Gasteiger partial charge in [0.05, 0.1) is 6.61 Å². The normalized spacial score (nSPS) is 10.8. The topological polar surface area (TPSA) is 66.8 Å². The van der Waals surface area contributed by atoms with Crippen LogP contribution in [-0.2, 0) is 11.4 Å². The lowest BCUT2D eigenvalue weighted by Gasteiger charge is -2.10. The Kier molecular flexibility index (Phi) is 4.98. The molecule has 0 saturated heterocycles. The lowest BCUT2D eigenvalue weighted by Crippen LogP contribution is -1.91. The van der Waals surface area contributed by atoms with E-state index in [0.717, 1.165) is 11.6 Å². The first kappa shape index (κ1) is 15.1. The predicted octanol–water partition coefficient (Wildman–Crippen LogP) is 3.72. The van der Waals surface area contributed by atoms with E-state index in [1.807, 2.05) is 0 Å². The monoisotopic (exact) mass is 304 g/mol. The number of halogens is 1. The molecule has 0 radical (unpaired) electrons. The number of aliphatic carboxylic acids is 1. The third-order valence-electron chi connectivity index (χ3n) is 2.69. The van der Waals surface area contributed by atoms with Gasteiger partial charge in [-0.1, -0.05) is 23.7 Å². The van der Waals surface area contributed by atoms with E-state index in [-0.39, 0.29) is 6.61 Å². The highest BCUT2D eigenvalue weighted by Gasteiger charge is 2.05. The van der Waals surface area contributed by atoms with Gasteiger partial charge in [-0.05, 0) is 35.9 Å². The summed E-state index contributed by atoms with van der Waals surface area (Å²) in [6, 6.07) is 11.9. The van der Waals surface area contributed by atoms with Crippen LogP contribution in [0.3, 0.4) is 0 Å². The summed E-state index contributed by atoms with van der Waals surface area (Å²) in [5.41, 5.74) is 1.31. The zero-order chi connectivity index (χ0) is 15.2. The van der Waals surface area contributed by atoms with Crippen molar-refractivity contribution in [1.82, 2.24) is 0 Å². The molecular formula is C16H13ClO4. The number of carbonyl (C=O) groups is 1. The molecule has 0 unspecified atom stereocenters. The molecule has 2 aromatic carbocycles. The lowest BCUT2D eigenvalue weighted by atomic mass is 10.2. The van der Waals surface area contributed by atoms with Gasteiger partial charge >= 0.3 is 5.97 Å². The molecule has 2 rings (SSSR count). The van der Waals surface area contributed by atoms with Crippen molar-refractivity contribution in [2.45, 2.75) is 6.61 Å². The molecule has 0 fully saturated rings. The van der Waals surface area contributed by atoms with Crippen LogP contribution >= 0.6 is 11.6 Å². The maximum atomic E-state index is 10.6. The molecule has 21 heavy (non-hydrogen) atoms. The number of hydrogen-bond donors (Lipinski definition) is 2. The van der Waals surface area contributed by atoms with E-state index in [1.165, 1.54) is 6.08 Å². The van der Waals surface area contributed by atoms with Gasteiger partial charge in [0, 0.05) is 22.7 Å². The van der Waals surface area contributed by atoms with Gasteiger partial charge in [0.2, 0.25) is 0 Å². The standard InChI is InChI=1S/C16H13ClO4/c17-13-6-4-12(5-7-16(19)20)15(9-13)21-14-3-1-2-11(8-14)10-18/h1-9,18H,10H2,(H,19,20)/b7-5+. The van der Waals surface area contributed by atoms with Crippen LogP contribution in [0.5, 0.6) is 11.5 Å². The van der Waals surface area contributed by atoms with E-state index in [0.29, 0.717) is 22.1 Å². The van der Waals surface area contributed by atoms with Crippen molar-refractivity contribution in [2.24, 2.45) is 0 Å². The fraction of sp³-hybridized carbons (Fsp3) is 0.0625. The molecule has 0 aliphatic carbocycles. The Morgan fingerprint density at radius 2 is 2.05 bits per heavy atom. The molecule has 2 aromatic rings. The Morgan fingerprint density at radius 3 is 2.76 bits per heavy atom. The molecule has 4 nitrogen and oxygen atoms in total. The van der Waals surface area contributed by atoms with E-state index in [2.05, 4.69) is 0 Å². The summed E-state index contributed by atoms with van der Waals surface area (Å²) in [5, 5.41) is 18.3. The van der Waals surface area contributed by atoms with Crippen molar-refractivity contribution in [3.63, 3.8) is 0 Å². The summed E-state index contributed by atoms with van der Waals surface area (Å²) < 4.78 is 5.73. The molecule has 2 N–H and O–H groups in total. The highest BCUT2D eigenvalue weighted by Crippen LogP contribution is 2.29. The van der Waals surface area contributed by atoms with Crippen LogP contribution in [0, 0.1) is 0 Å². The van der Waals surface area contributed by atoms with Crippen molar-refractivity contribution in [3.8, 4) is 11.5 Å². The zero-order valence-electron chi connectivity index (χ0n) is 11.0. The minimum Gasteiger partial charge on any atom is -0.478 e. The molecule has 0 amide bonds. The van der Waals surface area contributed by atoms with Crippen LogP contribution < -0.4 is 4.74 Å². The van der Waals surface area contributed by atoms with Gasteiger partial charge in [0.25, 0.3) is 0 Å². The van der Waals surface area contributed by atoms with Gasteiger partial charge in [-0.25, -0.2) is 4.79 Å². The second-order valence-corrected chi connectivity index (χ2v) is 4.70. The number of ether oxygens (including phenoxy) is 1. The molecule has 5 heteroatoms. The van der Waals surface area contributed by atoms with Gasteiger partial charge in [-0.3, -0.25) is 0 Å². The predicted molar refractivity (Wildman–Crippen MR) is 80.6 cm³/mol. The van der Waals surface area contributed by atoms with Crippen molar-refractivity contribution >= 4 is 23.6 Å². The number of carboxylic acid groups (broad SMARTS) is 1. The maximum Gasteiger partial charge on any atom is 0.328 e. The largest absolute Gasteiger partial charge is 0.478 e. The third kappa shape index (κ3) is 4.34. The number of aliphatic hydroxyl groups excluding tert-OH is 1. The summed E-state index contributed by atoms with van der Waals surface area (Å²) >= 11 is 5.94. The molecule has 0 aliphatic rings. The summed E-state index contributed by atoms with van der Waals surface area (Å²) in [6.45, 7) is -0.0848. The molecule has 0 aliphatic heterocycles. The van der Waals surface area contributed by atoms with Crippen molar-refractivity contribution < 1.29 is 19.7 Å². The Bertz CT molecular complexity index is 680. The summed E-state index contributed by atoms with van der Waals surface area (Å²) in [5.74, 6) is -0.0675. The zero-order valence-corrected chi connectivity index (χ0v) is 11.7. The average Bonchev–Trinajstić information content (AvgIpc) is 2.46. The van der Waals surface area contributed by atoms with E-state index in [4.69, 9.17) is 26.6 Å². The highest BCUT2D eigenvalue weighted by atomic mass is 35.5. The van der Waals surface area contributed by atoms with E-state index in [1.54, 1.807) is 42.5 Å². The molecule has 0 heterocycles. The van der Waals surface area contributed by atoms with Crippen LogP contribution in [0.15, 0.2) is 48.5 Å². The first-order valence-electron chi connectivity index (χ1n) is 6.16. The molecule has 108 valence electrons.